The van der Waals surface area contributed by atoms with Gasteiger partial charge in [0.2, 0.25) is 0 Å². The Balaban J connectivity index is 1.90. The monoisotopic (exact) mass is 430 g/mol. The van der Waals surface area contributed by atoms with E-state index < -0.39 is 5.97 Å². The Morgan fingerprint density at radius 1 is 1.11 bits per heavy atom. The Hall–Kier alpha value is -2.73. The maximum absolute atomic E-state index is 12.3. The SMILES string of the molecule is CCOc1ccc(C2=C/C(=C\c3cc(Br)c(OC)c(OC)c3)C(=O)O2)cc1. The fourth-order valence-electron chi connectivity index (χ4n) is 2.71. The number of rotatable bonds is 6. The Morgan fingerprint density at radius 2 is 1.85 bits per heavy atom. The molecule has 0 aliphatic carbocycles. The second-order valence-electron chi connectivity index (χ2n) is 5.69. The molecule has 0 unspecified atom stereocenters. The van der Waals surface area contributed by atoms with Gasteiger partial charge in [-0.2, -0.15) is 0 Å². The van der Waals surface area contributed by atoms with Crippen LogP contribution >= 0.6 is 15.9 Å². The van der Waals surface area contributed by atoms with E-state index in [9.17, 15) is 4.79 Å². The van der Waals surface area contributed by atoms with E-state index in [1.807, 2.05) is 37.3 Å². The Kier molecular flexibility index (Phi) is 5.86. The highest BCUT2D eigenvalue weighted by Gasteiger charge is 2.22. The minimum atomic E-state index is -0.398. The third kappa shape index (κ3) is 4.17. The van der Waals surface area contributed by atoms with Crippen LogP contribution < -0.4 is 14.2 Å². The van der Waals surface area contributed by atoms with Gasteiger partial charge in [0.15, 0.2) is 11.5 Å². The van der Waals surface area contributed by atoms with Crippen LogP contribution in [0.1, 0.15) is 18.1 Å². The van der Waals surface area contributed by atoms with Crippen molar-refractivity contribution in [1.29, 1.82) is 0 Å². The molecule has 0 N–H and O–H groups in total. The van der Waals surface area contributed by atoms with E-state index in [-0.39, 0.29) is 0 Å². The zero-order chi connectivity index (χ0) is 19.4. The Morgan fingerprint density at radius 3 is 2.48 bits per heavy atom. The highest BCUT2D eigenvalue weighted by atomic mass is 79.9. The molecular weight excluding hydrogens is 412 g/mol. The van der Waals surface area contributed by atoms with Gasteiger partial charge in [0.05, 0.1) is 30.9 Å². The lowest BCUT2D eigenvalue weighted by atomic mass is 10.1. The Bertz CT molecular complexity index is 913. The van der Waals surface area contributed by atoms with Gasteiger partial charge in [-0.1, -0.05) is 0 Å². The van der Waals surface area contributed by atoms with Crippen LogP contribution in [0.4, 0.5) is 0 Å². The second-order valence-corrected chi connectivity index (χ2v) is 6.55. The summed E-state index contributed by atoms with van der Waals surface area (Å²) in [6.07, 6.45) is 3.47. The molecule has 1 heterocycles. The summed E-state index contributed by atoms with van der Waals surface area (Å²) in [5.41, 5.74) is 2.05. The minimum absolute atomic E-state index is 0.398. The largest absolute Gasteiger partial charge is 0.494 e. The first-order valence-corrected chi connectivity index (χ1v) is 9.15. The van der Waals surface area contributed by atoms with Crippen molar-refractivity contribution in [2.75, 3.05) is 20.8 Å². The number of halogens is 1. The number of hydrogen-bond acceptors (Lipinski definition) is 5. The zero-order valence-electron chi connectivity index (χ0n) is 15.2. The summed E-state index contributed by atoms with van der Waals surface area (Å²) in [5.74, 6) is 2.05. The summed E-state index contributed by atoms with van der Waals surface area (Å²) in [6.45, 7) is 2.53. The average molecular weight is 431 g/mol. The van der Waals surface area contributed by atoms with Crippen molar-refractivity contribution in [3.63, 3.8) is 0 Å². The third-order valence-electron chi connectivity index (χ3n) is 3.95. The second kappa shape index (κ2) is 8.31. The van der Waals surface area contributed by atoms with Crippen LogP contribution in [0.5, 0.6) is 17.2 Å². The lowest BCUT2D eigenvalue weighted by molar-refractivity contribution is -0.130. The molecule has 2 aromatic rings. The van der Waals surface area contributed by atoms with Crippen LogP contribution in [0.25, 0.3) is 11.8 Å². The van der Waals surface area contributed by atoms with Crippen molar-refractivity contribution in [2.24, 2.45) is 0 Å². The van der Waals surface area contributed by atoms with Gasteiger partial charge < -0.3 is 18.9 Å². The molecule has 0 fully saturated rings. The molecule has 5 nitrogen and oxygen atoms in total. The molecule has 27 heavy (non-hydrogen) atoms. The van der Waals surface area contributed by atoms with Gasteiger partial charge in [-0.3, -0.25) is 0 Å². The lowest BCUT2D eigenvalue weighted by Crippen LogP contribution is -1.98. The smallest absolute Gasteiger partial charge is 0.343 e. The van der Waals surface area contributed by atoms with Crippen molar-refractivity contribution in [3.8, 4) is 17.2 Å². The molecular formula is C21H19BrO5. The molecule has 0 aromatic heterocycles. The first kappa shape index (κ1) is 19.0. The number of esters is 1. The van der Waals surface area contributed by atoms with Gasteiger partial charge in [-0.25, -0.2) is 4.79 Å². The van der Waals surface area contributed by atoms with Gasteiger partial charge in [0.25, 0.3) is 0 Å². The standard InChI is InChI=1S/C21H19BrO5/c1-4-26-16-7-5-14(6-8-16)18-12-15(21(23)27-18)9-13-10-17(22)20(25-3)19(11-13)24-2/h5-12H,4H2,1-3H3/b15-9+. The van der Waals surface area contributed by atoms with E-state index in [0.717, 1.165) is 21.3 Å². The maximum Gasteiger partial charge on any atom is 0.343 e. The number of hydrogen-bond donors (Lipinski definition) is 0. The summed E-state index contributed by atoms with van der Waals surface area (Å²) in [7, 11) is 3.13. The lowest BCUT2D eigenvalue weighted by Gasteiger charge is -2.10. The van der Waals surface area contributed by atoms with Crippen molar-refractivity contribution in [3.05, 3.63) is 63.6 Å². The van der Waals surface area contributed by atoms with Crippen molar-refractivity contribution >= 4 is 33.7 Å². The van der Waals surface area contributed by atoms with Gasteiger partial charge in [0.1, 0.15) is 11.5 Å². The van der Waals surface area contributed by atoms with Gasteiger partial charge in [-0.05, 0) is 77.0 Å². The maximum atomic E-state index is 12.3. The molecule has 2 aromatic carbocycles. The fraction of sp³-hybridized carbons (Fsp3) is 0.190. The molecule has 0 spiro atoms. The van der Waals surface area contributed by atoms with E-state index in [2.05, 4.69) is 15.9 Å². The van der Waals surface area contributed by atoms with E-state index >= 15 is 0 Å². The predicted octanol–water partition coefficient (Wildman–Crippen LogP) is 4.85. The van der Waals surface area contributed by atoms with E-state index in [4.69, 9.17) is 18.9 Å². The summed E-state index contributed by atoms with van der Waals surface area (Å²) in [5, 5.41) is 0. The number of cyclic esters (lactones) is 1. The molecule has 0 bridgehead atoms. The van der Waals surface area contributed by atoms with Crippen LogP contribution in [-0.4, -0.2) is 26.8 Å². The number of methoxy groups -OCH3 is 2. The molecule has 0 saturated heterocycles. The number of carbonyl (C=O) groups excluding carboxylic acids is 1. The number of carbonyl (C=O) groups is 1. The quantitative estimate of drug-likeness (QED) is 0.484. The first-order valence-electron chi connectivity index (χ1n) is 8.36. The van der Waals surface area contributed by atoms with Crippen LogP contribution in [0.15, 0.2) is 52.5 Å². The molecule has 1 aliphatic rings. The van der Waals surface area contributed by atoms with Crippen molar-refractivity contribution < 1.29 is 23.7 Å². The van der Waals surface area contributed by atoms with E-state index in [1.54, 1.807) is 32.4 Å². The molecule has 3 rings (SSSR count). The van der Waals surface area contributed by atoms with Gasteiger partial charge >= 0.3 is 5.97 Å². The summed E-state index contributed by atoms with van der Waals surface area (Å²) >= 11 is 3.45. The first-order chi connectivity index (χ1) is 13.0. The number of ether oxygens (including phenoxy) is 4. The highest BCUT2D eigenvalue weighted by Crippen LogP contribution is 2.37. The fourth-order valence-corrected chi connectivity index (χ4v) is 3.34. The van der Waals surface area contributed by atoms with Crippen molar-refractivity contribution in [1.82, 2.24) is 0 Å². The average Bonchev–Trinajstić information content (AvgIpc) is 3.02. The zero-order valence-corrected chi connectivity index (χ0v) is 16.8. The molecule has 0 amide bonds. The molecule has 1 aliphatic heterocycles. The summed E-state index contributed by atoms with van der Waals surface area (Å²) in [4.78, 5) is 12.3. The summed E-state index contributed by atoms with van der Waals surface area (Å²) < 4.78 is 22.2. The molecule has 0 atom stereocenters. The van der Waals surface area contributed by atoms with Crippen LogP contribution in [0, 0.1) is 0 Å². The summed E-state index contributed by atoms with van der Waals surface area (Å²) in [6, 6.07) is 11.1. The van der Waals surface area contributed by atoms with E-state index in [0.29, 0.717) is 29.4 Å². The minimum Gasteiger partial charge on any atom is -0.494 e. The molecule has 0 radical (unpaired) electrons. The van der Waals surface area contributed by atoms with Crippen molar-refractivity contribution in [2.45, 2.75) is 6.92 Å². The van der Waals surface area contributed by atoms with Crippen LogP contribution in [-0.2, 0) is 9.53 Å². The third-order valence-corrected chi connectivity index (χ3v) is 4.54. The highest BCUT2D eigenvalue weighted by molar-refractivity contribution is 9.10. The molecule has 140 valence electrons. The van der Waals surface area contributed by atoms with Gasteiger partial charge in [-0.15, -0.1) is 0 Å². The predicted molar refractivity (Wildman–Crippen MR) is 107 cm³/mol. The molecule has 6 heteroatoms. The topological polar surface area (TPSA) is 54.0 Å². The van der Waals surface area contributed by atoms with Crippen LogP contribution in [0.3, 0.4) is 0 Å². The number of benzene rings is 2. The van der Waals surface area contributed by atoms with Crippen LogP contribution in [0.2, 0.25) is 0 Å². The normalized spacial score (nSPS) is 14.7. The van der Waals surface area contributed by atoms with E-state index in [1.165, 1.54) is 0 Å². The Labute approximate surface area is 166 Å². The molecule has 0 saturated carbocycles. The van der Waals surface area contributed by atoms with Gasteiger partial charge in [0, 0.05) is 5.56 Å².